The maximum atomic E-state index is 12.3. The molecule has 0 radical (unpaired) electrons. The van der Waals surface area contributed by atoms with Crippen LogP contribution in [0.2, 0.25) is 0 Å². The number of hydrogen-bond donors (Lipinski definition) is 2. The first kappa shape index (κ1) is 19.9. The van der Waals surface area contributed by atoms with E-state index in [-0.39, 0.29) is 17.5 Å². The SMILES string of the molecule is CCCc1ccc(S(=O)(=O)NCC#Cc2ccc(N3CCNC3=O)cc2)cc1. The maximum absolute atomic E-state index is 12.3. The predicted octanol–water partition coefficient (Wildman–Crippen LogP) is 2.50. The van der Waals surface area contributed by atoms with Crippen molar-refractivity contribution in [3.05, 3.63) is 59.7 Å². The lowest BCUT2D eigenvalue weighted by Gasteiger charge is -2.13. The van der Waals surface area contributed by atoms with E-state index >= 15 is 0 Å². The van der Waals surface area contributed by atoms with Gasteiger partial charge in [0.2, 0.25) is 10.0 Å². The lowest BCUT2D eigenvalue weighted by Crippen LogP contribution is -2.27. The maximum Gasteiger partial charge on any atom is 0.321 e. The van der Waals surface area contributed by atoms with Crippen molar-refractivity contribution in [1.29, 1.82) is 0 Å². The average molecular weight is 398 g/mol. The third kappa shape index (κ3) is 4.91. The summed E-state index contributed by atoms with van der Waals surface area (Å²) in [6.07, 6.45) is 1.95. The van der Waals surface area contributed by atoms with Crippen LogP contribution >= 0.6 is 0 Å². The number of carbonyl (C=O) groups is 1. The number of rotatable bonds is 6. The highest BCUT2D eigenvalue weighted by molar-refractivity contribution is 7.89. The first-order chi connectivity index (χ1) is 13.5. The summed E-state index contributed by atoms with van der Waals surface area (Å²) in [5.41, 5.74) is 2.69. The minimum Gasteiger partial charge on any atom is -0.336 e. The van der Waals surface area contributed by atoms with Crippen LogP contribution < -0.4 is 14.9 Å². The molecular formula is C21H23N3O3S. The minimum absolute atomic E-state index is 0.0231. The van der Waals surface area contributed by atoms with Crippen molar-refractivity contribution < 1.29 is 13.2 Å². The van der Waals surface area contributed by atoms with Gasteiger partial charge in [-0.15, -0.1) is 0 Å². The number of anilines is 1. The third-order valence-electron chi connectivity index (χ3n) is 4.39. The van der Waals surface area contributed by atoms with E-state index in [4.69, 9.17) is 0 Å². The van der Waals surface area contributed by atoms with Crippen molar-refractivity contribution in [2.75, 3.05) is 24.5 Å². The van der Waals surface area contributed by atoms with E-state index in [0.717, 1.165) is 29.7 Å². The van der Waals surface area contributed by atoms with E-state index in [0.29, 0.717) is 13.1 Å². The zero-order valence-corrected chi connectivity index (χ0v) is 16.6. The second kappa shape index (κ2) is 8.91. The summed E-state index contributed by atoms with van der Waals surface area (Å²) in [4.78, 5) is 13.6. The fourth-order valence-electron chi connectivity index (χ4n) is 2.93. The summed E-state index contributed by atoms with van der Waals surface area (Å²) < 4.78 is 27.1. The van der Waals surface area contributed by atoms with Crippen LogP contribution in [0.5, 0.6) is 0 Å². The molecule has 146 valence electrons. The Hall–Kier alpha value is -2.82. The summed E-state index contributed by atoms with van der Waals surface area (Å²) >= 11 is 0. The molecule has 1 saturated heterocycles. The van der Waals surface area contributed by atoms with Crippen LogP contribution in [0.1, 0.15) is 24.5 Å². The normalized spacial score (nSPS) is 13.8. The van der Waals surface area contributed by atoms with Gasteiger partial charge in [0, 0.05) is 24.3 Å². The molecule has 6 nitrogen and oxygen atoms in total. The molecule has 1 fully saturated rings. The van der Waals surface area contributed by atoms with E-state index < -0.39 is 10.0 Å². The van der Waals surface area contributed by atoms with Crippen LogP contribution in [-0.4, -0.2) is 34.1 Å². The molecule has 1 aliphatic rings. The fourth-order valence-corrected chi connectivity index (χ4v) is 3.85. The van der Waals surface area contributed by atoms with Crippen LogP contribution in [0, 0.1) is 11.8 Å². The van der Waals surface area contributed by atoms with Crippen LogP contribution in [-0.2, 0) is 16.4 Å². The molecule has 0 atom stereocenters. The summed E-state index contributed by atoms with van der Waals surface area (Å²) in [5, 5.41) is 2.76. The Labute approximate surface area is 166 Å². The van der Waals surface area contributed by atoms with Crippen LogP contribution in [0.4, 0.5) is 10.5 Å². The van der Waals surface area contributed by atoms with Crippen molar-refractivity contribution >= 4 is 21.7 Å². The number of carbonyl (C=O) groups excluding carboxylic acids is 1. The van der Waals surface area contributed by atoms with E-state index in [2.05, 4.69) is 28.8 Å². The van der Waals surface area contributed by atoms with Gasteiger partial charge in [-0.3, -0.25) is 4.90 Å². The molecule has 0 bridgehead atoms. The molecule has 0 aromatic heterocycles. The van der Waals surface area contributed by atoms with Gasteiger partial charge in [0.25, 0.3) is 0 Å². The highest BCUT2D eigenvalue weighted by Gasteiger charge is 2.20. The van der Waals surface area contributed by atoms with Crippen molar-refractivity contribution in [2.45, 2.75) is 24.7 Å². The number of amides is 2. The second-order valence-electron chi connectivity index (χ2n) is 6.45. The molecule has 7 heteroatoms. The Balaban J connectivity index is 1.57. The largest absolute Gasteiger partial charge is 0.336 e. The van der Waals surface area contributed by atoms with E-state index in [1.54, 1.807) is 17.0 Å². The Morgan fingerprint density at radius 3 is 2.43 bits per heavy atom. The number of aryl methyl sites for hydroxylation is 1. The number of hydrogen-bond acceptors (Lipinski definition) is 3. The molecule has 0 saturated carbocycles. The summed E-state index contributed by atoms with van der Waals surface area (Å²) in [6, 6.07) is 14.1. The van der Waals surface area contributed by atoms with E-state index in [1.807, 2.05) is 36.4 Å². The van der Waals surface area contributed by atoms with Gasteiger partial charge in [-0.05, 0) is 48.4 Å². The van der Waals surface area contributed by atoms with Gasteiger partial charge in [-0.25, -0.2) is 13.2 Å². The number of benzene rings is 2. The third-order valence-corrected chi connectivity index (χ3v) is 5.81. The summed E-state index contributed by atoms with van der Waals surface area (Å²) in [5.74, 6) is 5.75. The monoisotopic (exact) mass is 397 g/mol. The van der Waals surface area contributed by atoms with Gasteiger partial charge in [-0.1, -0.05) is 37.3 Å². The van der Waals surface area contributed by atoms with Gasteiger partial charge >= 0.3 is 6.03 Å². The van der Waals surface area contributed by atoms with Crippen molar-refractivity contribution in [3.8, 4) is 11.8 Å². The van der Waals surface area contributed by atoms with Crippen LogP contribution in [0.3, 0.4) is 0 Å². The Morgan fingerprint density at radius 2 is 1.82 bits per heavy atom. The molecule has 28 heavy (non-hydrogen) atoms. The van der Waals surface area contributed by atoms with Crippen molar-refractivity contribution in [1.82, 2.24) is 10.0 Å². The Kier molecular flexibility index (Phi) is 6.34. The second-order valence-corrected chi connectivity index (χ2v) is 8.22. The molecular weight excluding hydrogens is 374 g/mol. The van der Waals surface area contributed by atoms with Gasteiger partial charge in [-0.2, -0.15) is 4.72 Å². The molecule has 2 aromatic rings. The molecule has 2 amide bonds. The predicted molar refractivity (Wildman–Crippen MR) is 110 cm³/mol. The van der Waals surface area contributed by atoms with Gasteiger partial charge in [0.05, 0.1) is 11.4 Å². The Morgan fingerprint density at radius 1 is 1.11 bits per heavy atom. The van der Waals surface area contributed by atoms with Gasteiger partial charge < -0.3 is 5.32 Å². The zero-order valence-electron chi connectivity index (χ0n) is 15.7. The number of nitrogens with zero attached hydrogens (tertiary/aromatic N) is 1. The zero-order chi connectivity index (χ0) is 20.0. The minimum atomic E-state index is -3.57. The molecule has 1 heterocycles. The molecule has 1 aliphatic heterocycles. The standard InChI is InChI=1S/C21H23N3O3S/c1-2-4-17-8-12-20(13-9-17)28(26,27)23-14-3-5-18-6-10-19(11-7-18)24-16-15-22-21(24)25/h6-13,23H,2,4,14-16H2,1H3,(H,22,25). The molecule has 2 aromatic carbocycles. The number of sulfonamides is 1. The molecule has 0 unspecified atom stereocenters. The first-order valence-electron chi connectivity index (χ1n) is 9.22. The molecule has 0 spiro atoms. The highest BCUT2D eigenvalue weighted by Crippen LogP contribution is 2.17. The quantitative estimate of drug-likeness (QED) is 0.735. The first-order valence-corrected chi connectivity index (χ1v) is 10.7. The van der Waals surface area contributed by atoms with Crippen LogP contribution in [0.25, 0.3) is 0 Å². The Bertz CT molecular complexity index is 988. The molecule has 3 rings (SSSR count). The lowest BCUT2D eigenvalue weighted by molar-refractivity contribution is 0.252. The molecule has 2 N–H and O–H groups in total. The number of nitrogens with one attached hydrogen (secondary N) is 2. The summed E-state index contributed by atoms with van der Waals surface area (Å²) in [7, 11) is -3.57. The molecule has 0 aliphatic carbocycles. The highest BCUT2D eigenvalue weighted by atomic mass is 32.2. The number of urea groups is 1. The smallest absolute Gasteiger partial charge is 0.321 e. The van der Waals surface area contributed by atoms with Gasteiger partial charge in [0.1, 0.15) is 0 Å². The van der Waals surface area contributed by atoms with E-state index in [1.165, 1.54) is 0 Å². The van der Waals surface area contributed by atoms with Crippen molar-refractivity contribution in [2.24, 2.45) is 0 Å². The van der Waals surface area contributed by atoms with Gasteiger partial charge in [0.15, 0.2) is 0 Å². The fraction of sp³-hybridized carbons (Fsp3) is 0.286. The topological polar surface area (TPSA) is 78.5 Å². The van der Waals surface area contributed by atoms with Crippen molar-refractivity contribution in [3.63, 3.8) is 0 Å². The summed E-state index contributed by atoms with van der Waals surface area (Å²) in [6.45, 7) is 3.39. The average Bonchev–Trinajstić information content (AvgIpc) is 3.12. The van der Waals surface area contributed by atoms with E-state index in [9.17, 15) is 13.2 Å². The van der Waals surface area contributed by atoms with Crippen LogP contribution in [0.15, 0.2) is 53.4 Å². The lowest BCUT2D eigenvalue weighted by atomic mass is 10.1.